The molecule has 0 aromatic rings. The van der Waals surface area contributed by atoms with Crippen molar-refractivity contribution in [2.75, 3.05) is 13.1 Å². The lowest BCUT2D eigenvalue weighted by Gasteiger charge is -2.35. The zero-order chi connectivity index (χ0) is 13.1. The van der Waals surface area contributed by atoms with Crippen LogP contribution in [0.1, 0.15) is 60.3 Å². The second-order valence-corrected chi connectivity index (χ2v) is 7.69. The van der Waals surface area contributed by atoms with E-state index in [0.717, 1.165) is 24.9 Å². The maximum atomic E-state index is 5.84. The largest absolute Gasteiger partial charge is 0.330 e. The Morgan fingerprint density at radius 2 is 1.65 bits per heavy atom. The van der Waals surface area contributed by atoms with Gasteiger partial charge in [0.05, 0.1) is 0 Å². The van der Waals surface area contributed by atoms with Crippen LogP contribution in [-0.2, 0) is 0 Å². The third kappa shape index (κ3) is 5.39. The average Bonchev–Trinajstić information content (AvgIpc) is 2.58. The molecule has 1 aliphatic rings. The molecule has 0 aliphatic heterocycles. The quantitative estimate of drug-likeness (QED) is 0.774. The Hall–Kier alpha value is -0.0800. The number of nitrogens with one attached hydrogen (secondary N) is 1. The number of nitrogens with two attached hydrogens (primary N) is 1. The first-order chi connectivity index (χ1) is 7.73. The van der Waals surface area contributed by atoms with Gasteiger partial charge in [-0.15, -0.1) is 0 Å². The van der Waals surface area contributed by atoms with Crippen LogP contribution in [0, 0.1) is 17.3 Å². The zero-order valence-corrected chi connectivity index (χ0v) is 12.5. The molecule has 1 fully saturated rings. The predicted octanol–water partition coefficient (Wildman–Crippen LogP) is 3.17. The summed E-state index contributed by atoms with van der Waals surface area (Å²) in [5, 5.41) is 3.77. The standard InChI is InChI=1S/C15H32N2/c1-14(2,3)11-15(4,5)17-10-13-8-6-7-12(13)9-16/h12-13,17H,6-11,16H2,1-5H3. The van der Waals surface area contributed by atoms with Gasteiger partial charge in [-0.3, -0.25) is 0 Å². The van der Waals surface area contributed by atoms with E-state index < -0.39 is 0 Å². The molecule has 0 spiro atoms. The highest BCUT2D eigenvalue weighted by molar-refractivity contribution is 4.87. The first-order valence-corrected chi connectivity index (χ1v) is 7.19. The topological polar surface area (TPSA) is 38.0 Å². The Morgan fingerprint density at radius 1 is 1.06 bits per heavy atom. The van der Waals surface area contributed by atoms with Gasteiger partial charge in [0, 0.05) is 5.54 Å². The van der Waals surface area contributed by atoms with Gasteiger partial charge in [-0.05, 0) is 63.5 Å². The Labute approximate surface area is 108 Å². The smallest absolute Gasteiger partial charge is 0.0130 e. The minimum absolute atomic E-state index is 0.236. The molecule has 0 aromatic heterocycles. The summed E-state index contributed by atoms with van der Waals surface area (Å²) in [6.07, 6.45) is 5.27. The molecule has 1 aliphatic carbocycles. The molecule has 102 valence electrons. The molecular weight excluding hydrogens is 208 g/mol. The molecule has 1 saturated carbocycles. The van der Waals surface area contributed by atoms with Crippen LogP contribution < -0.4 is 11.1 Å². The van der Waals surface area contributed by atoms with Gasteiger partial charge in [0.25, 0.3) is 0 Å². The van der Waals surface area contributed by atoms with E-state index in [1.807, 2.05) is 0 Å². The molecule has 2 unspecified atom stereocenters. The molecule has 0 amide bonds. The lowest BCUT2D eigenvalue weighted by molar-refractivity contribution is 0.224. The van der Waals surface area contributed by atoms with E-state index in [2.05, 4.69) is 39.9 Å². The third-order valence-corrected chi connectivity index (χ3v) is 3.93. The monoisotopic (exact) mass is 240 g/mol. The summed E-state index contributed by atoms with van der Waals surface area (Å²) in [7, 11) is 0. The summed E-state index contributed by atoms with van der Waals surface area (Å²) in [4.78, 5) is 0. The van der Waals surface area contributed by atoms with Crippen LogP contribution in [0.4, 0.5) is 0 Å². The highest BCUT2D eigenvalue weighted by Gasteiger charge is 2.29. The summed E-state index contributed by atoms with van der Waals surface area (Å²) in [6, 6.07) is 0. The van der Waals surface area contributed by atoms with Gasteiger partial charge < -0.3 is 11.1 Å². The normalized spacial score (nSPS) is 26.5. The van der Waals surface area contributed by atoms with Crippen LogP contribution in [0.15, 0.2) is 0 Å². The van der Waals surface area contributed by atoms with Gasteiger partial charge in [-0.2, -0.15) is 0 Å². The fraction of sp³-hybridized carbons (Fsp3) is 1.00. The van der Waals surface area contributed by atoms with Crippen LogP contribution in [0.25, 0.3) is 0 Å². The molecule has 0 saturated heterocycles. The van der Waals surface area contributed by atoms with Crippen LogP contribution in [-0.4, -0.2) is 18.6 Å². The van der Waals surface area contributed by atoms with Crippen LogP contribution >= 0.6 is 0 Å². The number of rotatable bonds is 5. The van der Waals surface area contributed by atoms with E-state index in [0.29, 0.717) is 5.41 Å². The van der Waals surface area contributed by atoms with E-state index in [1.54, 1.807) is 0 Å². The molecule has 17 heavy (non-hydrogen) atoms. The molecule has 1 rings (SSSR count). The van der Waals surface area contributed by atoms with Crippen LogP contribution in [0.5, 0.6) is 0 Å². The molecule has 0 radical (unpaired) electrons. The number of hydrogen-bond donors (Lipinski definition) is 2. The second kappa shape index (κ2) is 5.71. The van der Waals surface area contributed by atoms with E-state index in [4.69, 9.17) is 5.73 Å². The molecule has 0 aromatic carbocycles. The first-order valence-electron chi connectivity index (χ1n) is 7.19. The summed E-state index contributed by atoms with van der Waals surface area (Å²) in [5.41, 5.74) is 6.46. The predicted molar refractivity (Wildman–Crippen MR) is 76.0 cm³/mol. The molecule has 2 nitrogen and oxygen atoms in total. The van der Waals surface area contributed by atoms with E-state index in [1.165, 1.54) is 25.7 Å². The maximum Gasteiger partial charge on any atom is 0.0130 e. The fourth-order valence-corrected chi connectivity index (χ4v) is 3.49. The van der Waals surface area contributed by atoms with Gasteiger partial charge in [-0.25, -0.2) is 0 Å². The highest BCUT2D eigenvalue weighted by Crippen LogP contribution is 2.32. The van der Waals surface area contributed by atoms with Crippen molar-refractivity contribution in [3.05, 3.63) is 0 Å². The molecule has 2 heteroatoms. The van der Waals surface area contributed by atoms with Crippen molar-refractivity contribution in [1.29, 1.82) is 0 Å². The zero-order valence-electron chi connectivity index (χ0n) is 12.5. The van der Waals surface area contributed by atoms with E-state index in [9.17, 15) is 0 Å². The van der Waals surface area contributed by atoms with Gasteiger partial charge in [0.2, 0.25) is 0 Å². The Kier molecular flexibility index (Phi) is 5.03. The van der Waals surface area contributed by atoms with Crippen molar-refractivity contribution in [2.45, 2.75) is 65.8 Å². The van der Waals surface area contributed by atoms with Crippen molar-refractivity contribution in [1.82, 2.24) is 5.32 Å². The van der Waals surface area contributed by atoms with Gasteiger partial charge in [0.15, 0.2) is 0 Å². The van der Waals surface area contributed by atoms with Gasteiger partial charge in [-0.1, -0.05) is 27.2 Å². The van der Waals surface area contributed by atoms with Gasteiger partial charge >= 0.3 is 0 Å². The van der Waals surface area contributed by atoms with Crippen LogP contribution in [0.3, 0.4) is 0 Å². The summed E-state index contributed by atoms with van der Waals surface area (Å²) >= 11 is 0. The van der Waals surface area contributed by atoms with Crippen molar-refractivity contribution in [3.8, 4) is 0 Å². The van der Waals surface area contributed by atoms with Crippen molar-refractivity contribution < 1.29 is 0 Å². The minimum atomic E-state index is 0.236. The highest BCUT2D eigenvalue weighted by atomic mass is 15.0. The maximum absolute atomic E-state index is 5.84. The van der Waals surface area contributed by atoms with E-state index in [-0.39, 0.29) is 5.54 Å². The average molecular weight is 240 g/mol. The summed E-state index contributed by atoms with van der Waals surface area (Å²) in [5.74, 6) is 1.56. The minimum Gasteiger partial charge on any atom is -0.330 e. The lowest BCUT2D eigenvalue weighted by Crippen LogP contribution is -2.45. The van der Waals surface area contributed by atoms with Crippen molar-refractivity contribution >= 4 is 0 Å². The van der Waals surface area contributed by atoms with Crippen LogP contribution in [0.2, 0.25) is 0 Å². The Morgan fingerprint density at radius 3 is 2.18 bits per heavy atom. The summed E-state index contributed by atoms with van der Waals surface area (Å²) < 4.78 is 0. The molecular formula is C15H32N2. The number of hydrogen-bond acceptors (Lipinski definition) is 2. The first kappa shape index (κ1) is 15.0. The Bertz CT molecular complexity index is 228. The van der Waals surface area contributed by atoms with Crippen molar-refractivity contribution in [3.63, 3.8) is 0 Å². The molecule has 0 heterocycles. The second-order valence-electron chi connectivity index (χ2n) is 7.69. The van der Waals surface area contributed by atoms with Crippen molar-refractivity contribution in [2.24, 2.45) is 23.0 Å². The van der Waals surface area contributed by atoms with E-state index >= 15 is 0 Å². The lowest BCUT2D eigenvalue weighted by atomic mass is 9.81. The van der Waals surface area contributed by atoms with Gasteiger partial charge in [0.1, 0.15) is 0 Å². The fourth-order valence-electron chi connectivity index (χ4n) is 3.49. The SMILES string of the molecule is CC(C)(C)CC(C)(C)NCC1CCCC1CN. The third-order valence-electron chi connectivity index (χ3n) is 3.93. The summed E-state index contributed by atoms with van der Waals surface area (Å²) in [6.45, 7) is 13.6. The Balaban J connectivity index is 2.38. The molecule has 2 atom stereocenters. The molecule has 0 bridgehead atoms. The molecule has 3 N–H and O–H groups in total.